The minimum Gasteiger partial charge on any atom is -0.478 e. The fourth-order valence-electron chi connectivity index (χ4n) is 2.22. The van der Waals surface area contributed by atoms with Crippen molar-refractivity contribution in [3.8, 4) is 0 Å². The molecule has 0 unspecified atom stereocenters. The highest BCUT2D eigenvalue weighted by Crippen LogP contribution is 2.41. The second-order valence-corrected chi connectivity index (χ2v) is 5.86. The van der Waals surface area contributed by atoms with Gasteiger partial charge in [-0.25, -0.2) is 4.79 Å². The summed E-state index contributed by atoms with van der Waals surface area (Å²) in [5, 5.41) is 9.63. The summed E-state index contributed by atoms with van der Waals surface area (Å²) >= 11 is 1.93. The Labute approximate surface area is 96.1 Å². The predicted molar refractivity (Wildman–Crippen MR) is 65.3 cm³/mol. The maximum atomic E-state index is 10.8. The third-order valence-electron chi connectivity index (χ3n) is 3.31. The van der Waals surface area contributed by atoms with Crippen LogP contribution in [-0.2, 0) is 4.79 Å². The van der Waals surface area contributed by atoms with Gasteiger partial charge in [0.2, 0.25) is 0 Å². The normalized spacial score (nSPS) is 32.7. The lowest BCUT2D eigenvalue weighted by Gasteiger charge is -2.34. The van der Waals surface area contributed by atoms with E-state index in [9.17, 15) is 4.79 Å². The molecular formula is C12H20O2S. The molecule has 0 aromatic rings. The van der Waals surface area contributed by atoms with E-state index in [1.54, 1.807) is 6.92 Å². The van der Waals surface area contributed by atoms with Crippen LogP contribution in [0.4, 0.5) is 0 Å². The number of allylic oxidation sites excluding steroid dienone is 1. The Bertz CT molecular complexity index is 263. The van der Waals surface area contributed by atoms with Gasteiger partial charge in [-0.2, -0.15) is 11.8 Å². The van der Waals surface area contributed by atoms with Crippen LogP contribution < -0.4 is 0 Å². The van der Waals surface area contributed by atoms with Crippen LogP contribution in [0.1, 0.15) is 39.5 Å². The smallest absolute Gasteiger partial charge is 0.330 e. The third-order valence-corrected chi connectivity index (χ3v) is 4.45. The van der Waals surface area contributed by atoms with E-state index in [-0.39, 0.29) is 5.41 Å². The van der Waals surface area contributed by atoms with Crippen LogP contribution in [0.5, 0.6) is 0 Å². The molecule has 0 aromatic carbocycles. The highest BCUT2D eigenvalue weighted by Gasteiger charge is 2.29. The molecule has 1 fully saturated rings. The SMILES string of the molecule is CSC1CCC(C)(/C=C(\C)C(=O)O)CC1. The van der Waals surface area contributed by atoms with Crippen molar-refractivity contribution in [2.75, 3.05) is 6.26 Å². The van der Waals surface area contributed by atoms with Crippen LogP contribution in [0.15, 0.2) is 11.6 Å². The molecule has 1 aliphatic rings. The lowest BCUT2D eigenvalue weighted by atomic mass is 9.74. The molecule has 2 nitrogen and oxygen atoms in total. The predicted octanol–water partition coefficient (Wildman–Crippen LogP) is 3.33. The lowest BCUT2D eigenvalue weighted by molar-refractivity contribution is -0.132. The quantitative estimate of drug-likeness (QED) is 0.753. The van der Waals surface area contributed by atoms with Crippen LogP contribution >= 0.6 is 11.8 Å². The number of carbonyl (C=O) groups is 1. The van der Waals surface area contributed by atoms with Gasteiger partial charge in [-0.3, -0.25) is 0 Å². The number of hydrogen-bond acceptors (Lipinski definition) is 2. The zero-order chi connectivity index (χ0) is 11.5. The Hall–Kier alpha value is -0.440. The largest absolute Gasteiger partial charge is 0.478 e. The Morgan fingerprint density at radius 2 is 2.00 bits per heavy atom. The average Bonchev–Trinajstić information content (AvgIpc) is 2.18. The third kappa shape index (κ3) is 3.56. The van der Waals surface area contributed by atoms with E-state index >= 15 is 0 Å². The van der Waals surface area contributed by atoms with Gasteiger partial charge < -0.3 is 5.11 Å². The summed E-state index contributed by atoms with van der Waals surface area (Å²) in [5.41, 5.74) is 0.592. The first-order valence-electron chi connectivity index (χ1n) is 5.42. The maximum absolute atomic E-state index is 10.8. The average molecular weight is 228 g/mol. The maximum Gasteiger partial charge on any atom is 0.330 e. The first-order chi connectivity index (χ1) is 6.97. The standard InChI is InChI=1S/C12H20O2S/c1-9(11(13)14)8-12(2)6-4-10(15-3)5-7-12/h8,10H,4-7H2,1-3H3,(H,13,14)/b9-8+. The van der Waals surface area contributed by atoms with Crippen molar-refractivity contribution in [1.29, 1.82) is 0 Å². The molecule has 0 atom stereocenters. The van der Waals surface area contributed by atoms with Crippen molar-refractivity contribution in [1.82, 2.24) is 0 Å². The summed E-state index contributed by atoms with van der Waals surface area (Å²) in [6.07, 6.45) is 8.76. The van der Waals surface area contributed by atoms with E-state index in [1.165, 1.54) is 12.8 Å². The van der Waals surface area contributed by atoms with E-state index in [0.717, 1.165) is 18.1 Å². The van der Waals surface area contributed by atoms with Crippen molar-refractivity contribution < 1.29 is 9.90 Å². The van der Waals surface area contributed by atoms with Crippen molar-refractivity contribution in [2.24, 2.45) is 5.41 Å². The summed E-state index contributed by atoms with van der Waals surface area (Å²) in [6.45, 7) is 3.87. The van der Waals surface area contributed by atoms with E-state index in [1.807, 2.05) is 17.8 Å². The fraction of sp³-hybridized carbons (Fsp3) is 0.750. The van der Waals surface area contributed by atoms with Gasteiger partial charge in [-0.1, -0.05) is 13.0 Å². The molecule has 3 heteroatoms. The number of aliphatic carboxylic acids is 1. The zero-order valence-electron chi connectivity index (χ0n) is 9.75. The van der Waals surface area contributed by atoms with Gasteiger partial charge in [0.25, 0.3) is 0 Å². The molecule has 0 aliphatic heterocycles. The van der Waals surface area contributed by atoms with Gasteiger partial charge in [-0.15, -0.1) is 0 Å². The van der Waals surface area contributed by atoms with Crippen LogP contribution in [0.25, 0.3) is 0 Å². The van der Waals surface area contributed by atoms with Crippen LogP contribution in [-0.4, -0.2) is 22.6 Å². The molecule has 0 saturated heterocycles. The molecule has 0 radical (unpaired) electrons. The van der Waals surface area contributed by atoms with Crippen LogP contribution in [0, 0.1) is 5.41 Å². The van der Waals surface area contributed by atoms with E-state index in [0.29, 0.717) is 5.57 Å². The Kier molecular flexibility index (Phi) is 4.26. The van der Waals surface area contributed by atoms with Gasteiger partial charge in [0, 0.05) is 10.8 Å². The Morgan fingerprint density at radius 1 is 1.47 bits per heavy atom. The molecule has 0 heterocycles. The second kappa shape index (κ2) is 5.06. The Balaban J connectivity index is 2.62. The van der Waals surface area contributed by atoms with Gasteiger partial charge in [-0.05, 0) is 44.3 Å². The van der Waals surface area contributed by atoms with E-state index < -0.39 is 5.97 Å². The number of rotatable bonds is 3. The number of hydrogen-bond donors (Lipinski definition) is 1. The molecular weight excluding hydrogens is 208 g/mol. The van der Waals surface area contributed by atoms with Crippen molar-refractivity contribution in [3.05, 3.63) is 11.6 Å². The van der Waals surface area contributed by atoms with Crippen LogP contribution in [0.3, 0.4) is 0 Å². The topological polar surface area (TPSA) is 37.3 Å². The Morgan fingerprint density at radius 3 is 2.40 bits per heavy atom. The van der Waals surface area contributed by atoms with Gasteiger partial charge in [0.05, 0.1) is 0 Å². The van der Waals surface area contributed by atoms with Crippen LogP contribution in [0.2, 0.25) is 0 Å². The molecule has 15 heavy (non-hydrogen) atoms. The van der Waals surface area contributed by atoms with Crippen molar-refractivity contribution in [3.63, 3.8) is 0 Å². The first kappa shape index (κ1) is 12.6. The molecule has 1 saturated carbocycles. The highest BCUT2D eigenvalue weighted by atomic mass is 32.2. The van der Waals surface area contributed by atoms with Gasteiger partial charge in [0.1, 0.15) is 0 Å². The number of carboxylic acids is 1. The van der Waals surface area contributed by atoms with Crippen molar-refractivity contribution in [2.45, 2.75) is 44.8 Å². The molecule has 1 N–H and O–H groups in total. The summed E-state index contributed by atoms with van der Waals surface area (Å²) in [7, 11) is 0. The first-order valence-corrected chi connectivity index (χ1v) is 6.71. The molecule has 1 rings (SSSR count). The molecule has 0 amide bonds. The van der Waals surface area contributed by atoms with Gasteiger partial charge in [0.15, 0.2) is 0 Å². The fourth-order valence-corrected chi connectivity index (χ4v) is 2.92. The van der Waals surface area contributed by atoms with Gasteiger partial charge >= 0.3 is 5.97 Å². The lowest BCUT2D eigenvalue weighted by Crippen LogP contribution is -2.24. The molecule has 1 aliphatic carbocycles. The monoisotopic (exact) mass is 228 g/mol. The summed E-state index contributed by atoms with van der Waals surface area (Å²) in [4.78, 5) is 10.8. The van der Waals surface area contributed by atoms with E-state index in [4.69, 9.17) is 5.11 Å². The molecule has 0 aromatic heterocycles. The number of thioether (sulfide) groups is 1. The second-order valence-electron chi connectivity index (χ2n) is 4.72. The van der Waals surface area contributed by atoms with E-state index in [2.05, 4.69) is 13.2 Å². The molecule has 0 spiro atoms. The summed E-state index contributed by atoms with van der Waals surface area (Å²) in [6, 6.07) is 0. The minimum atomic E-state index is -0.789. The van der Waals surface area contributed by atoms with Crippen molar-refractivity contribution >= 4 is 17.7 Å². The highest BCUT2D eigenvalue weighted by molar-refractivity contribution is 7.99. The minimum absolute atomic E-state index is 0.106. The summed E-state index contributed by atoms with van der Waals surface area (Å²) < 4.78 is 0. The zero-order valence-corrected chi connectivity index (χ0v) is 10.6. The molecule has 86 valence electrons. The molecule has 0 bridgehead atoms. The number of carboxylic acid groups (broad SMARTS) is 1. The summed E-state index contributed by atoms with van der Waals surface area (Å²) in [5.74, 6) is -0.789.